The average molecular weight is 250 g/mol. The third-order valence-corrected chi connectivity index (χ3v) is 2.74. The lowest BCUT2D eigenvalue weighted by Gasteiger charge is -2.08. The molecule has 1 amide bonds. The van der Waals surface area contributed by atoms with Crippen molar-refractivity contribution in [3.8, 4) is 0 Å². The van der Waals surface area contributed by atoms with E-state index < -0.39 is 0 Å². The molecule has 6 nitrogen and oxygen atoms in total. The topological polar surface area (TPSA) is 68.5 Å². The molecule has 1 aliphatic rings. The Balaban J connectivity index is 1.84. The Bertz CT molecular complexity index is 464. The lowest BCUT2D eigenvalue weighted by molar-refractivity contribution is 0.0750. The van der Waals surface area contributed by atoms with Crippen LogP contribution in [0.25, 0.3) is 0 Å². The van der Waals surface area contributed by atoms with Gasteiger partial charge in [-0.3, -0.25) is 9.48 Å². The van der Waals surface area contributed by atoms with Crippen LogP contribution in [-0.4, -0.2) is 34.0 Å². The molecule has 0 saturated heterocycles. The maximum Gasteiger partial charge on any atom is 0.271 e. The van der Waals surface area contributed by atoms with Crippen molar-refractivity contribution in [2.75, 3.05) is 6.54 Å². The molecule has 1 aliphatic heterocycles. The highest BCUT2D eigenvalue weighted by atomic mass is 16.6. The lowest BCUT2D eigenvalue weighted by atomic mass is 10.2. The molecule has 0 bridgehead atoms. The fourth-order valence-corrected chi connectivity index (χ4v) is 1.72. The number of hydrogen-bond acceptors (Lipinski definition) is 4. The van der Waals surface area contributed by atoms with Crippen molar-refractivity contribution in [2.24, 2.45) is 5.16 Å². The quantitative estimate of drug-likeness (QED) is 0.877. The summed E-state index contributed by atoms with van der Waals surface area (Å²) in [7, 11) is 0. The van der Waals surface area contributed by atoms with Crippen LogP contribution in [-0.2, 0) is 4.84 Å². The van der Waals surface area contributed by atoms with Gasteiger partial charge in [-0.1, -0.05) is 5.16 Å². The zero-order valence-electron chi connectivity index (χ0n) is 10.9. The maximum atomic E-state index is 11.8. The van der Waals surface area contributed by atoms with Gasteiger partial charge in [-0.25, -0.2) is 0 Å². The minimum atomic E-state index is -0.178. The molecular formula is C12H18N4O2. The van der Waals surface area contributed by atoms with E-state index in [1.54, 1.807) is 16.9 Å². The first-order valence-corrected chi connectivity index (χ1v) is 6.09. The SMILES string of the molecule is CC1=NOC(CNC(=O)c2ccn(C(C)C)n2)C1. The minimum Gasteiger partial charge on any atom is -0.390 e. The number of hydrogen-bond donors (Lipinski definition) is 1. The third-order valence-electron chi connectivity index (χ3n) is 2.74. The van der Waals surface area contributed by atoms with Crippen molar-refractivity contribution < 1.29 is 9.63 Å². The number of rotatable bonds is 4. The van der Waals surface area contributed by atoms with Crippen molar-refractivity contribution >= 4 is 11.6 Å². The summed E-state index contributed by atoms with van der Waals surface area (Å²) >= 11 is 0. The summed E-state index contributed by atoms with van der Waals surface area (Å²) in [4.78, 5) is 17.0. The smallest absolute Gasteiger partial charge is 0.271 e. The van der Waals surface area contributed by atoms with E-state index in [1.165, 1.54) is 0 Å². The molecular weight excluding hydrogens is 232 g/mol. The Kier molecular flexibility index (Phi) is 3.64. The van der Waals surface area contributed by atoms with Crippen LogP contribution in [0.5, 0.6) is 0 Å². The normalized spacial score (nSPS) is 18.7. The molecule has 98 valence electrons. The monoisotopic (exact) mass is 250 g/mol. The van der Waals surface area contributed by atoms with Crippen LogP contribution in [0.15, 0.2) is 17.4 Å². The van der Waals surface area contributed by atoms with Crippen molar-refractivity contribution in [2.45, 2.75) is 39.3 Å². The van der Waals surface area contributed by atoms with E-state index in [0.717, 1.165) is 12.1 Å². The van der Waals surface area contributed by atoms with E-state index in [0.29, 0.717) is 12.2 Å². The van der Waals surface area contributed by atoms with E-state index in [1.807, 2.05) is 20.8 Å². The summed E-state index contributed by atoms with van der Waals surface area (Å²) in [6.07, 6.45) is 2.51. The summed E-state index contributed by atoms with van der Waals surface area (Å²) in [6, 6.07) is 1.97. The highest BCUT2D eigenvalue weighted by Crippen LogP contribution is 2.09. The Morgan fingerprint density at radius 1 is 1.67 bits per heavy atom. The Morgan fingerprint density at radius 3 is 3.00 bits per heavy atom. The molecule has 0 spiro atoms. The van der Waals surface area contributed by atoms with E-state index in [9.17, 15) is 4.79 Å². The van der Waals surface area contributed by atoms with E-state index in [2.05, 4.69) is 15.6 Å². The Labute approximate surface area is 106 Å². The van der Waals surface area contributed by atoms with Gasteiger partial charge in [0.15, 0.2) is 0 Å². The van der Waals surface area contributed by atoms with Crippen LogP contribution in [0.4, 0.5) is 0 Å². The van der Waals surface area contributed by atoms with Gasteiger partial charge in [-0.2, -0.15) is 5.10 Å². The molecule has 1 N–H and O–H groups in total. The highest BCUT2D eigenvalue weighted by molar-refractivity contribution is 5.92. The van der Waals surface area contributed by atoms with Gasteiger partial charge in [0, 0.05) is 18.7 Å². The molecule has 0 aliphatic carbocycles. The molecule has 1 aromatic rings. The lowest BCUT2D eigenvalue weighted by Crippen LogP contribution is -2.32. The highest BCUT2D eigenvalue weighted by Gasteiger charge is 2.19. The third kappa shape index (κ3) is 2.88. The van der Waals surface area contributed by atoms with E-state index in [4.69, 9.17) is 4.84 Å². The molecule has 2 heterocycles. The second kappa shape index (κ2) is 5.20. The Hall–Kier alpha value is -1.85. The second-order valence-electron chi connectivity index (χ2n) is 4.74. The molecule has 6 heteroatoms. The maximum absolute atomic E-state index is 11.8. The summed E-state index contributed by atoms with van der Waals surface area (Å²) in [5.41, 5.74) is 1.39. The number of nitrogens with zero attached hydrogens (tertiary/aromatic N) is 3. The number of carbonyl (C=O) groups is 1. The number of carbonyl (C=O) groups excluding carboxylic acids is 1. The van der Waals surface area contributed by atoms with Crippen LogP contribution in [0, 0.1) is 0 Å². The summed E-state index contributed by atoms with van der Waals surface area (Å²) in [5.74, 6) is -0.178. The van der Waals surface area contributed by atoms with Gasteiger partial charge in [0.25, 0.3) is 5.91 Å². The molecule has 1 aromatic heterocycles. The van der Waals surface area contributed by atoms with E-state index >= 15 is 0 Å². The van der Waals surface area contributed by atoms with Crippen molar-refractivity contribution in [1.82, 2.24) is 15.1 Å². The zero-order chi connectivity index (χ0) is 13.1. The average Bonchev–Trinajstić information content (AvgIpc) is 2.94. The zero-order valence-corrected chi connectivity index (χ0v) is 10.9. The van der Waals surface area contributed by atoms with Gasteiger partial charge < -0.3 is 10.2 Å². The van der Waals surface area contributed by atoms with Gasteiger partial charge in [-0.05, 0) is 26.8 Å². The van der Waals surface area contributed by atoms with Crippen LogP contribution >= 0.6 is 0 Å². The van der Waals surface area contributed by atoms with Crippen LogP contribution in [0.1, 0.15) is 43.7 Å². The molecule has 1 atom stereocenters. The first-order chi connectivity index (χ1) is 8.56. The van der Waals surface area contributed by atoms with Crippen LogP contribution in [0.2, 0.25) is 0 Å². The van der Waals surface area contributed by atoms with Crippen molar-refractivity contribution in [1.29, 1.82) is 0 Å². The number of aromatic nitrogens is 2. The molecule has 0 fully saturated rings. The predicted molar refractivity (Wildman–Crippen MR) is 67.5 cm³/mol. The summed E-state index contributed by atoms with van der Waals surface area (Å²) in [5, 5.41) is 10.8. The first kappa shape index (κ1) is 12.6. The molecule has 0 aromatic carbocycles. The fourth-order valence-electron chi connectivity index (χ4n) is 1.72. The molecule has 2 rings (SSSR count). The molecule has 1 unspecified atom stereocenters. The van der Waals surface area contributed by atoms with Crippen LogP contribution < -0.4 is 5.32 Å². The number of nitrogens with one attached hydrogen (secondary N) is 1. The van der Waals surface area contributed by atoms with Gasteiger partial charge in [-0.15, -0.1) is 0 Å². The number of oxime groups is 1. The van der Waals surface area contributed by atoms with Gasteiger partial charge >= 0.3 is 0 Å². The number of amides is 1. The second-order valence-corrected chi connectivity index (χ2v) is 4.74. The fraction of sp³-hybridized carbons (Fsp3) is 0.583. The first-order valence-electron chi connectivity index (χ1n) is 6.09. The molecule has 0 radical (unpaired) electrons. The van der Waals surface area contributed by atoms with Gasteiger partial charge in [0.2, 0.25) is 0 Å². The minimum absolute atomic E-state index is 0.0545. The van der Waals surface area contributed by atoms with Crippen molar-refractivity contribution in [3.05, 3.63) is 18.0 Å². The molecule has 0 saturated carbocycles. The van der Waals surface area contributed by atoms with Crippen molar-refractivity contribution in [3.63, 3.8) is 0 Å². The van der Waals surface area contributed by atoms with Gasteiger partial charge in [0.05, 0.1) is 12.3 Å². The summed E-state index contributed by atoms with van der Waals surface area (Å²) < 4.78 is 1.76. The predicted octanol–water partition coefficient (Wildman–Crippen LogP) is 1.36. The standard InChI is InChI=1S/C12H18N4O2/c1-8(2)16-5-4-11(14-16)12(17)13-7-10-6-9(3)15-18-10/h4-5,8,10H,6-7H2,1-3H3,(H,13,17). The molecule has 18 heavy (non-hydrogen) atoms. The summed E-state index contributed by atoms with van der Waals surface area (Å²) in [6.45, 7) is 6.39. The largest absolute Gasteiger partial charge is 0.390 e. The van der Waals surface area contributed by atoms with Crippen LogP contribution in [0.3, 0.4) is 0 Å². The van der Waals surface area contributed by atoms with E-state index in [-0.39, 0.29) is 18.1 Å². The Morgan fingerprint density at radius 2 is 2.44 bits per heavy atom. The van der Waals surface area contributed by atoms with Gasteiger partial charge in [0.1, 0.15) is 11.8 Å².